The van der Waals surface area contributed by atoms with Gasteiger partial charge in [0.1, 0.15) is 5.69 Å². The van der Waals surface area contributed by atoms with Crippen LogP contribution in [0.5, 0.6) is 0 Å². The van der Waals surface area contributed by atoms with E-state index < -0.39 is 21.2 Å². The van der Waals surface area contributed by atoms with Crippen LogP contribution >= 0.6 is 0 Å². The maximum atomic E-state index is 11.3. The summed E-state index contributed by atoms with van der Waals surface area (Å²) in [5, 5.41) is 16.2. The molecule has 10 heteroatoms. The van der Waals surface area contributed by atoms with Crippen molar-refractivity contribution in [3.63, 3.8) is 0 Å². The summed E-state index contributed by atoms with van der Waals surface area (Å²) in [6.07, 6.45) is -0.528. The summed E-state index contributed by atoms with van der Waals surface area (Å²) >= 11 is 0. The molecule has 1 fully saturated rings. The van der Waals surface area contributed by atoms with Crippen LogP contribution in [0.4, 0.5) is 11.4 Å². The SMILES string of the molecule is C[C@@H]1CO[C@@H](N(C)c2ccc(S(N)(=O)=O)cc2[N+](=O)[O-])CO1. The lowest BCUT2D eigenvalue weighted by Crippen LogP contribution is -2.44. The molecule has 2 atom stereocenters. The van der Waals surface area contributed by atoms with Crippen LogP contribution in [0.3, 0.4) is 0 Å². The molecule has 0 bridgehead atoms. The summed E-state index contributed by atoms with van der Waals surface area (Å²) in [6, 6.07) is 3.49. The third-order valence-corrected chi connectivity index (χ3v) is 4.24. The number of hydrogen-bond acceptors (Lipinski definition) is 7. The summed E-state index contributed by atoms with van der Waals surface area (Å²) in [4.78, 5) is 11.8. The van der Waals surface area contributed by atoms with Gasteiger partial charge in [-0.25, -0.2) is 13.6 Å². The van der Waals surface area contributed by atoms with Crippen molar-refractivity contribution in [3.8, 4) is 0 Å². The maximum Gasteiger partial charge on any atom is 0.293 e. The fraction of sp³-hybridized carbons (Fsp3) is 0.500. The molecule has 22 heavy (non-hydrogen) atoms. The monoisotopic (exact) mass is 331 g/mol. The number of nitro benzene ring substituents is 1. The van der Waals surface area contributed by atoms with Gasteiger partial charge in [-0.3, -0.25) is 10.1 Å². The zero-order valence-electron chi connectivity index (χ0n) is 12.1. The third-order valence-electron chi connectivity index (χ3n) is 3.33. The number of nitrogens with two attached hydrogens (primary N) is 1. The lowest BCUT2D eigenvalue weighted by molar-refractivity contribution is -0.384. The molecule has 2 rings (SSSR count). The Morgan fingerprint density at radius 1 is 1.36 bits per heavy atom. The first-order valence-electron chi connectivity index (χ1n) is 6.47. The van der Waals surface area contributed by atoms with Crippen molar-refractivity contribution in [1.82, 2.24) is 0 Å². The number of sulfonamides is 1. The summed E-state index contributed by atoms with van der Waals surface area (Å²) in [7, 11) is -2.40. The van der Waals surface area contributed by atoms with Gasteiger partial charge in [0, 0.05) is 13.1 Å². The largest absolute Gasteiger partial charge is 0.371 e. The van der Waals surface area contributed by atoms with E-state index in [1.807, 2.05) is 6.92 Å². The average molecular weight is 331 g/mol. The number of primary sulfonamides is 1. The van der Waals surface area contributed by atoms with E-state index in [-0.39, 0.29) is 29.0 Å². The molecule has 0 aliphatic carbocycles. The Kier molecular flexibility index (Phi) is 4.66. The van der Waals surface area contributed by atoms with Gasteiger partial charge in [-0.05, 0) is 19.1 Å². The van der Waals surface area contributed by atoms with Gasteiger partial charge in [0.2, 0.25) is 10.0 Å². The second-order valence-corrected chi connectivity index (χ2v) is 6.56. The minimum atomic E-state index is -4.01. The highest BCUT2D eigenvalue weighted by Crippen LogP contribution is 2.31. The Balaban J connectivity index is 2.36. The molecule has 0 radical (unpaired) electrons. The first-order valence-corrected chi connectivity index (χ1v) is 8.02. The molecule has 1 aliphatic heterocycles. The summed E-state index contributed by atoms with van der Waals surface area (Å²) < 4.78 is 33.7. The van der Waals surface area contributed by atoms with Crippen molar-refractivity contribution in [2.45, 2.75) is 24.2 Å². The molecule has 9 nitrogen and oxygen atoms in total. The van der Waals surface area contributed by atoms with E-state index in [1.165, 1.54) is 17.0 Å². The van der Waals surface area contributed by atoms with E-state index in [4.69, 9.17) is 14.6 Å². The fourth-order valence-electron chi connectivity index (χ4n) is 2.09. The highest BCUT2D eigenvalue weighted by atomic mass is 32.2. The van der Waals surface area contributed by atoms with E-state index in [9.17, 15) is 18.5 Å². The number of nitro groups is 1. The molecular formula is C12H17N3O6S. The topological polar surface area (TPSA) is 125 Å². The summed E-state index contributed by atoms with van der Waals surface area (Å²) in [6.45, 7) is 2.49. The van der Waals surface area contributed by atoms with Crippen LogP contribution in [0, 0.1) is 10.1 Å². The predicted molar refractivity (Wildman–Crippen MR) is 78.0 cm³/mol. The highest BCUT2D eigenvalue weighted by Gasteiger charge is 2.28. The molecule has 0 amide bonds. The van der Waals surface area contributed by atoms with E-state index >= 15 is 0 Å². The molecule has 0 aromatic heterocycles. The van der Waals surface area contributed by atoms with Crippen molar-refractivity contribution in [3.05, 3.63) is 28.3 Å². The van der Waals surface area contributed by atoms with Crippen LogP contribution < -0.4 is 10.0 Å². The second kappa shape index (κ2) is 6.16. The van der Waals surface area contributed by atoms with Crippen LogP contribution in [0.15, 0.2) is 23.1 Å². The normalized spacial score (nSPS) is 22.3. The molecule has 1 saturated heterocycles. The van der Waals surface area contributed by atoms with Crippen molar-refractivity contribution in [2.24, 2.45) is 5.14 Å². The Morgan fingerprint density at radius 3 is 2.55 bits per heavy atom. The van der Waals surface area contributed by atoms with Gasteiger partial charge >= 0.3 is 0 Å². The van der Waals surface area contributed by atoms with Gasteiger partial charge in [-0.2, -0.15) is 0 Å². The standard InChI is InChI=1S/C12H17N3O6S/c1-8-6-21-12(7-20-8)14(2)10-4-3-9(22(13,18)19)5-11(10)15(16)17/h3-5,8,12H,6-7H2,1-2H3,(H2,13,18,19)/t8-,12-/m1/s1. The van der Waals surface area contributed by atoms with E-state index in [0.29, 0.717) is 6.61 Å². The lowest BCUT2D eigenvalue weighted by Gasteiger charge is -2.34. The fourth-order valence-corrected chi connectivity index (χ4v) is 2.63. The average Bonchev–Trinajstić information content (AvgIpc) is 2.45. The Bertz CT molecular complexity index is 669. The zero-order valence-corrected chi connectivity index (χ0v) is 12.9. The molecule has 1 aliphatic rings. The second-order valence-electron chi connectivity index (χ2n) is 5.00. The summed E-state index contributed by atoms with van der Waals surface area (Å²) in [5.74, 6) is 0. The third kappa shape index (κ3) is 3.53. The first kappa shape index (κ1) is 16.6. The van der Waals surface area contributed by atoms with E-state index in [0.717, 1.165) is 6.07 Å². The lowest BCUT2D eigenvalue weighted by atomic mass is 10.2. The molecule has 2 N–H and O–H groups in total. The summed E-state index contributed by atoms with van der Waals surface area (Å²) in [5.41, 5.74) is -0.142. The molecule has 1 aromatic rings. The molecule has 0 unspecified atom stereocenters. The number of likely N-dealkylation sites (N-methyl/N-ethyl adjacent to an activating group) is 1. The van der Waals surface area contributed by atoms with Gasteiger partial charge in [0.25, 0.3) is 5.69 Å². The molecule has 0 saturated carbocycles. The molecule has 1 aromatic carbocycles. The van der Waals surface area contributed by atoms with Crippen molar-refractivity contribution < 1.29 is 22.8 Å². The number of anilines is 1. The number of rotatable bonds is 4. The Labute approximate surface area is 127 Å². The quantitative estimate of drug-likeness (QED) is 0.626. The Morgan fingerprint density at radius 2 is 2.05 bits per heavy atom. The first-order chi connectivity index (χ1) is 10.2. The van der Waals surface area contributed by atoms with Crippen LogP contribution in [-0.2, 0) is 19.5 Å². The van der Waals surface area contributed by atoms with Gasteiger partial charge < -0.3 is 14.4 Å². The number of hydrogen-bond donors (Lipinski definition) is 1. The molecule has 0 spiro atoms. The van der Waals surface area contributed by atoms with Gasteiger partial charge in [-0.1, -0.05) is 0 Å². The zero-order chi connectivity index (χ0) is 16.5. The van der Waals surface area contributed by atoms with Crippen LogP contribution in [0.2, 0.25) is 0 Å². The number of nitrogens with zero attached hydrogens (tertiary/aromatic N) is 2. The number of benzene rings is 1. The van der Waals surface area contributed by atoms with Crippen molar-refractivity contribution in [1.29, 1.82) is 0 Å². The van der Waals surface area contributed by atoms with Crippen LogP contribution in [0.1, 0.15) is 6.92 Å². The number of ether oxygens (including phenoxy) is 2. The van der Waals surface area contributed by atoms with Gasteiger partial charge in [-0.15, -0.1) is 0 Å². The molecule has 122 valence electrons. The molecule has 1 heterocycles. The molecular weight excluding hydrogens is 314 g/mol. The van der Waals surface area contributed by atoms with E-state index in [2.05, 4.69) is 0 Å². The van der Waals surface area contributed by atoms with E-state index in [1.54, 1.807) is 7.05 Å². The van der Waals surface area contributed by atoms with Crippen LogP contribution in [-0.4, -0.2) is 45.9 Å². The Hall–Kier alpha value is -1.75. The smallest absolute Gasteiger partial charge is 0.293 e. The van der Waals surface area contributed by atoms with Gasteiger partial charge in [0.15, 0.2) is 6.23 Å². The van der Waals surface area contributed by atoms with Crippen molar-refractivity contribution in [2.75, 3.05) is 25.2 Å². The van der Waals surface area contributed by atoms with Crippen molar-refractivity contribution >= 4 is 21.4 Å². The minimum absolute atomic E-state index is 0.0376. The van der Waals surface area contributed by atoms with Gasteiger partial charge in [0.05, 0.1) is 29.1 Å². The predicted octanol–water partition coefficient (Wildman–Crippen LogP) is 0.440. The maximum absolute atomic E-state index is 11.3. The van der Waals surface area contributed by atoms with Crippen LogP contribution in [0.25, 0.3) is 0 Å². The minimum Gasteiger partial charge on any atom is -0.371 e. The highest BCUT2D eigenvalue weighted by molar-refractivity contribution is 7.89.